The summed E-state index contributed by atoms with van der Waals surface area (Å²) in [5.41, 5.74) is 2.18. The predicted octanol–water partition coefficient (Wildman–Crippen LogP) is 4.64. The van der Waals surface area contributed by atoms with Gasteiger partial charge in [0.15, 0.2) is 0 Å². The zero-order valence-electron chi connectivity index (χ0n) is 11.0. The largest absolute Gasteiger partial charge is 0.310 e. The minimum absolute atomic E-state index is 0.145. The highest BCUT2D eigenvalue weighted by molar-refractivity contribution is 9.10. The molecule has 1 aromatic carbocycles. The van der Waals surface area contributed by atoms with E-state index in [0.717, 1.165) is 33.0 Å². The molecule has 0 saturated heterocycles. The molecule has 1 N–H and O–H groups in total. The number of hydrogen-bond acceptors (Lipinski definition) is 2. The Hall–Kier alpha value is -0.780. The summed E-state index contributed by atoms with van der Waals surface area (Å²) < 4.78 is 14.9. The van der Waals surface area contributed by atoms with Gasteiger partial charge in [0.1, 0.15) is 5.82 Å². The monoisotopic (exact) mass is 400 g/mol. The number of hydrogen-bond donors (Lipinski definition) is 1. The maximum atomic E-state index is 13.1. The third kappa shape index (κ3) is 4.11. The molecule has 1 unspecified atom stereocenters. The van der Waals surface area contributed by atoms with E-state index in [4.69, 9.17) is 0 Å². The van der Waals surface area contributed by atoms with Gasteiger partial charge in [-0.15, -0.1) is 0 Å². The Morgan fingerprint density at radius 2 is 2.05 bits per heavy atom. The van der Waals surface area contributed by atoms with Crippen LogP contribution in [0.1, 0.15) is 24.1 Å². The van der Waals surface area contributed by atoms with E-state index in [-0.39, 0.29) is 11.9 Å². The molecule has 106 valence electrons. The minimum atomic E-state index is -0.232. The molecule has 0 aliphatic carbocycles. The van der Waals surface area contributed by atoms with Crippen molar-refractivity contribution >= 4 is 31.9 Å². The first kappa shape index (κ1) is 15.6. The smallest absolute Gasteiger partial charge is 0.124 e. The highest BCUT2D eigenvalue weighted by Gasteiger charge is 2.14. The van der Waals surface area contributed by atoms with E-state index in [1.807, 2.05) is 12.3 Å². The summed E-state index contributed by atoms with van der Waals surface area (Å²) in [6, 6.07) is 7.00. The fraction of sp³-hybridized carbons (Fsp3) is 0.267. The topological polar surface area (TPSA) is 24.9 Å². The fourth-order valence-electron chi connectivity index (χ4n) is 2.08. The van der Waals surface area contributed by atoms with Crippen LogP contribution in [-0.4, -0.2) is 11.5 Å². The van der Waals surface area contributed by atoms with Gasteiger partial charge in [0.2, 0.25) is 0 Å². The van der Waals surface area contributed by atoms with Crippen molar-refractivity contribution in [3.8, 4) is 0 Å². The molecule has 0 spiro atoms. The third-order valence-electron chi connectivity index (χ3n) is 3.02. The Labute approximate surface area is 135 Å². The summed E-state index contributed by atoms with van der Waals surface area (Å²) in [6.45, 7) is 2.92. The normalized spacial score (nSPS) is 12.4. The lowest BCUT2D eigenvalue weighted by Crippen LogP contribution is -2.23. The summed E-state index contributed by atoms with van der Waals surface area (Å²) in [7, 11) is 0. The molecule has 1 atom stereocenters. The second kappa shape index (κ2) is 7.29. The average Bonchev–Trinajstić information content (AvgIpc) is 2.41. The SMILES string of the molecule is CCNC(Cc1ccc(F)cc1Br)c1cncc(Br)c1. The van der Waals surface area contributed by atoms with Crippen LogP contribution in [-0.2, 0) is 6.42 Å². The molecule has 2 aromatic rings. The Morgan fingerprint density at radius 1 is 1.25 bits per heavy atom. The van der Waals surface area contributed by atoms with E-state index in [2.05, 4.69) is 55.2 Å². The van der Waals surface area contributed by atoms with Crippen LogP contribution in [0.2, 0.25) is 0 Å². The molecule has 1 heterocycles. The van der Waals surface area contributed by atoms with Crippen LogP contribution in [0.15, 0.2) is 45.6 Å². The number of pyridine rings is 1. The van der Waals surface area contributed by atoms with E-state index in [0.29, 0.717) is 0 Å². The Morgan fingerprint density at radius 3 is 2.70 bits per heavy atom. The molecule has 0 radical (unpaired) electrons. The molecule has 0 aliphatic rings. The van der Waals surface area contributed by atoms with Crippen LogP contribution >= 0.6 is 31.9 Å². The second-order valence-electron chi connectivity index (χ2n) is 4.49. The zero-order valence-corrected chi connectivity index (χ0v) is 14.2. The van der Waals surface area contributed by atoms with E-state index in [1.165, 1.54) is 12.1 Å². The van der Waals surface area contributed by atoms with Gasteiger partial charge in [0.05, 0.1) is 0 Å². The van der Waals surface area contributed by atoms with Crippen LogP contribution in [0, 0.1) is 5.82 Å². The summed E-state index contributed by atoms with van der Waals surface area (Å²) in [5, 5.41) is 3.44. The van der Waals surface area contributed by atoms with Crippen molar-refractivity contribution in [2.24, 2.45) is 0 Å². The number of nitrogens with zero attached hydrogens (tertiary/aromatic N) is 1. The fourth-order valence-corrected chi connectivity index (χ4v) is 2.98. The first-order valence-corrected chi connectivity index (χ1v) is 7.96. The molecular weight excluding hydrogens is 387 g/mol. The summed E-state index contributed by atoms with van der Waals surface area (Å²) >= 11 is 6.86. The molecule has 2 nitrogen and oxygen atoms in total. The van der Waals surface area contributed by atoms with Gasteiger partial charge in [-0.1, -0.05) is 28.9 Å². The number of likely N-dealkylation sites (N-methyl/N-ethyl adjacent to an activating group) is 1. The molecule has 20 heavy (non-hydrogen) atoms. The number of aromatic nitrogens is 1. The average molecular weight is 402 g/mol. The standard InChI is InChI=1S/C15H15Br2FN2/c1-2-20-15(11-5-12(16)9-19-8-11)6-10-3-4-13(18)7-14(10)17/h3-5,7-9,15,20H,2,6H2,1H3. The molecule has 0 amide bonds. The highest BCUT2D eigenvalue weighted by Crippen LogP contribution is 2.25. The van der Waals surface area contributed by atoms with Gasteiger partial charge in [0.25, 0.3) is 0 Å². The van der Waals surface area contributed by atoms with Crippen molar-refractivity contribution in [1.82, 2.24) is 10.3 Å². The van der Waals surface area contributed by atoms with E-state index in [1.54, 1.807) is 6.20 Å². The Balaban J connectivity index is 2.25. The molecule has 2 rings (SSSR count). The van der Waals surface area contributed by atoms with Crippen LogP contribution in [0.25, 0.3) is 0 Å². The van der Waals surface area contributed by atoms with Crippen LogP contribution in [0.4, 0.5) is 4.39 Å². The van der Waals surface area contributed by atoms with Gasteiger partial charge in [0, 0.05) is 27.4 Å². The van der Waals surface area contributed by atoms with Gasteiger partial charge < -0.3 is 5.32 Å². The quantitative estimate of drug-likeness (QED) is 0.789. The van der Waals surface area contributed by atoms with Gasteiger partial charge in [-0.25, -0.2) is 4.39 Å². The molecular formula is C15H15Br2FN2. The molecule has 0 fully saturated rings. The minimum Gasteiger partial charge on any atom is -0.310 e. The van der Waals surface area contributed by atoms with Crippen molar-refractivity contribution in [1.29, 1.82) is 0 Å². The molecule has 0 bridgehead atoms. The number of rotatable bonds is 5. The van der Waals surface area contributed by atoms with Gasteiger partial charge in [-0.05, 0) is 58.2 Å². The van der Waals surface area contributed by atoms with Gasteiger partial charge in [-0.3, -0.25) is 4.98 Å². The lowest BCUT2D eigenvalue weighted by Gasteiger charge is -2.19. The maximum Gasteiger partial charge on any atom is 0.124 e. The van der Waals surface area contributed by atoms with Crippen LogP contribution in [0.3, 0.4) is 0 Å². The Bertz CT molecular complexity index is 590. The molecule has 0 saturated carbocycles. The zero-order chi connectivity index (χ0) is 14.5. The third-order valence-corrected chi connectivity index (χ3v) is 4.19. The van der Waals surface area contributed by atoms with E-state index < -0.39 is 0 Å². The first-order valence-electron chi connectivity index (χ1n) is 6.38. The highest BCUT2D eigenvalue weighted by atomic mass is 79.9. The summed E-state index contributed by atoms with van der Waals surface area (Å²) in [4.78, 5) is 4.21. The first-order chi connectivity index (χ1) is 9.60. The molecule has 1 aromatic heterocycles. The lowest BCUT2D eigenvalue weighted by atomic mass is 10.00. The summed E-state index contributed by atoms with van der Waals surface area (Å²) in [6.07, 6.45) is 4.39. The van der Waals surface area contributed by atoms with E-state index >= 15 is 0 Å². The number of nitrogens with one attached hydrogen (secondary N) is 1. The Kier molecular flexibility index (Phi) is 5.69. The van der Waals surface area contributed by atoms with Crippen molar-refractivity contribution in [3.05, 3.63) is 62.5 Å². The van der Waals surface area contributed by atoms with Crippen molar-refractivity contribution in [3.63, 3.8) is 0 Å². The van der Waals surface area contributed by atoms with Gasteiger partial charge >= 0.3 is 0 Å². The van der Waals surface area contributed by atoms with Crippen LogP contribution < -0.4 is 5.32 Å². The summed E-state index contributed by atoms with van der Waals surface area (Å²) in [5.74, 6) is -0.232. The number of benzene rings is 1. The lowest BCUT2D eigenvalue weighted by molar-refractivity contribution is 0.546. The van der Waals surface area contributed by atoms with E-state index in [9.17, 15) is 4.39 Å². The van der Waals surface area contributed by atoms with Gasteiger partial charge in [-0.2, -0.15) is 0 Å². The maximum absolute atomic E-state index is 13.1. The second-order valence-corrected chi connectivity index (χ2v) is 6.26. The van der Waals surface area contributed by atoms with Crippen LogP contribution in [0.5, 0.6) is 0 Å². The molecule has 5 heteroatoms. The predicted molar refractivity (Wildman–Crippen MR) is 86.2 cm³/mol. The van der Waals surface area contributed by atoms with Crippen molar-refractivity contribution in [2.45, 2.75) is 19.4 Å². The molecule has 0 aliphatic heterocycles. The van der Waals surface area contributed by atoms with Crippen molar-refractivity contribution < 1.29 is 4.39 Å². The number of halogens is 3. The van der Waals surface area contributed by atoms with Crippen molar-refractivity contribution in [2.75, 3.05) is 6.54 Å².